The minimum atomic E-state index is -4.89. The SMILES string of the molecule is CCN(CC)c1ccc(N=C2C(C(C)(C)C)=Nn3nc(-c4ccc(NC(=O)c5cc(S(=O)(=O)O)cc(S(=O)(=O)O)c5)cc4)nc32)c(Cl)c1. The van der Waals surface area contributed by atoms with E-state index in [1.165, 1.54) is 16.9 Å². The van der Waals surface area contributed by atoms with Crippen molar-refractivity contribution in [3.63, 3.8) is 0 Å². The van der Waals surface area contributed by atoms with Gasteiger partial charge in [0.05, 0.1) is 26.2 Å². The number of nitrogens with zero attached hydrogens (tertiary/aromatic N) is 6. The standard InChI is InChI=1S/C31H32ClN7O7S2/c1-6-38(7-2)21-12-13-25(24(32)16-21)34-26-27(31(3,4)5)36-39-29(26)35-28(37-39)18-8-10-20(11-9-18)33-30(40)19-14-22(47(41,42)43)17-23(15-19)48(44,45)46/h8-17H,6-7H2,1-5H3,(H,33,40)(H,41,42,43)(H,44,45,46). The molecule has 1 amide bonds. The highest BCUT2D eigenvalue weighted by atomic mass is 35.5. The number of aromatic nitrogens is 3. The van der Waals surface area contributed by atoms with Gasteiger partial charge >= 0.3 is 0 Å². The lowest BCUT2D eigenvalue weighted by atomic mass is 9.87. The van der Waals surface area contributed by atoms with Gasteiger partial charge in [0.1, 0.15) is 5.71 Å². The quantitative estimate of drug-likeness (QED) is 0.184. The monoisotopic (exact) mass is 713 g/mol. The summed E-state index contributed by atoms with van der Waals surface area (Å²) in [4.78, 5) is 24.3. The van der Waals surface area contributed by atoms with Crippen LogP contribution in [-0.2, 0) is 20.2 Å². The summed E-state index contributed by atoms with van der Waals surface area (Å²) in [5.74, 6) is -0.149. The van der Waals surface area contributed by atoms with Gasteiger partial charge in [-0.05, 0) is 74.5 Å². The Morgan fingerprint density at radius 3 is 2.06 bits per heavy atom. The Morgan fingerprint density at radius 1 is 0.938 bits per heavy atom. The molecular formula is C31H32ClN7O7S2. The van der Waals surface area contributed by atoms with Crippen LogP contribution in [0.25, 0.3) is 11.4 Å². The molecule has 4 aromatic rings. The van der Waals surface area contributed by atoms with Crippen LogP contribution in [0.3, 0.4) is 0 Å². The van der Waals surface area contributed by atoms with E-state index >= 15 is 0 Å². The van der Waals surface area contributed by atoms with Gasteiger partial charge in [-0.15, -0.1) is 9.89 Å². The molecule has 5 rings (SSSR count). The first kappa shape index (κ1) is 34.8. The number of carbonyl (C=O) groups is 1. The van der Waals surface area contributed by atoms with E-state index in [2.05, 4.69) is 34.3 Å². The van der Waals surface area contributed by atoms with E-state index in [-0.39, 0.29) is 5.69 Å². The number of hydrogen-bond acceptors (Lipinski definition) is 10. The van der Waals surface area contributed by atoms with Crippen molar-refractivity contribution >= 4 is 66.2 Å². The normalized spacial score (nSPS) is 14.2. The summed E-state index contributed by atoms with van der Waals surface area (Å²) in [6.45, 7) is 11.8. The van der Waals surface area contributed by atoms with Crippen LogP contribution in [0.5, 0.6) is 0 Å². The van der Waals surface area contributed by atoms with E-state index in [4.69, 9.17) is 21.6 Å². The van der Waals surface area contributed by atoms with E-state index in [1.54, 1.807) is 12.1 Å². The zero-order chi connectivity index (χ0) is 35.2. The van der Waals surface area contributed by atoms with Crippen LogP contribution in [0, 0.1) is 5.41 Å². The summed E-state index contributed by atoms with van der Waals surface area (Å²) in [7, 11) is -9.78. The average Bonchev–Trinajstić information content (AvgIpc) is 3.57. The maximum atomic E-state index is 12.9. The number of nitrogens with one attached hydrogen (secondary N) is 1. The summed E-state index contributed by atoms with van der Waals surface area (Å²) < 4.78 is 65.3. The zero-order valence-corrected chi connectivity index (χ0v) is 28.9. The van der Waals surface area contributed by atoms with Gasteiger partial charge in [0, 0.05) is 41.0 Å². The molecule has 2 heterocycles. The third kappa shape index (κ3) is 7.32. The number of aliphatic imine (C=N–C) groups is 1. The van der Waals surface area contributed by atoms with Gasteiger partial charge in [0.15, 0.2) is 5.82 Å². The Labute approximate surface area is 282 Å². The Balaban J connectivity index is 1.43. The summed E-state index contributed by atoms with van der Waals surface area (Å²) in [5.41, 5.74) is 2.77. The largest absolute Gasteiger partial charge is 0.372 e. The molecular weight excluding hydrogens is 682 g/mol. The summed E-state index contributed by atoms with van der Waals surface area (Å²) in [5, 5.41) is 12.2. The van der Waals surface area contributed by atoms with Gasteiger partial charge in [-0.3, -0.25) is 13.9 Å². The van der Waals surface area contributed by atoms with E-state index in [9.17, 15) is 30.7 Å². The molecule has 0 aliphatic carbocycles. The van der Waals surface area contributed by atoms with Crippen molar-refractivity contribution in [1.29, 1.82) is 0 Å². The van der Waals surface area contributed by atoms with Gasteiger partial charge in [-0.2, -0.15) is 21.9 Å². The lowest BCUT2D eigenvalue weighted by molar-refractivity contribution is 0.102. The lowest BCUT2D eigenvalue weighted by Gasteiger charge is -2.21. The highest BCUT2D eigenvalue weighted by molar-refractivity contribution is 7.86. The minimum absolute atomic E-state index is 0.263. The van der Waals surface area contributed by atoms with Crippen molar-refractivity contribution in [3.8, 4) is 11.4 Å². The van der Waals surface area contributed by atoms with Gasteiger partial charge in [-0.1, -0.05) is 32.4 Å². The van der Waals surface area contributed by atoms with E-state index < -0.39 is 46.9 Å². The molecule has 252 valence electrons. The second kappa shape index (κ2) is 12.9. The molecule has 0 atom stereocenters. The number of anilines is 2. The van der Waals surface area contributed by atoms with Gasteiger partial charge < -0.3 is 10.2 Å². The smallest absolute Gasteiger partial charge is 0.294 e. The molecule has 0 unspecified atom stereocenters. The molecule has 48 heavy (non-hydrogen) atoms. The molecule has 1 aliphatic rings. The average molecular weight is 714 g/mol. The Morgan fingerprint density at radius 2 is 1.54 bits per heavy atom. The summed E-state index contributed by atoms with van der Waals surface area (Å²) in [6.07, 6.45) is 0. The number of benzene rings is 3. The van der Waals surface area contributed by atoms with Crippen LogP contribution in [0.1, 0.15) is 50.8 Å². The zero-order valence-electron chi connectivity index (χ0n) is 26.5. The third-order valence-corrected chi connectivity index (χ3v) is 9.33. The Bertz CT molecular complexity index is 2150. The van der Waals surface area contributed by atoms with Crippen molar-refractivity contribution in [2.45, 2.75) is 44.4 Å². The van der Waals surface area contributed by atoms with Crippen molar-refractivity contribution in [1.82, 2.24) is 14.9 Å². The van der Waals surface area contributed by atoms with Crippen LogP contribution in [0.15, 0.2) is 80.5 Å². The molecule has 3 aromatic carbocycles. The highest BCUT2D eigenvalue weighted by Gasteiger charge is 2.35. The fourth-order valence-corrected chi connectivity index (χ4v) is 6.29. The van der Waals surface area contributed by atoms with Gasteiger partial charge in [-0.25, -0.2) is 9.98 Å². The fourth-order valence-electron chi connectivity index (χ4n) is 4.90. The van der Waals surface area contributed by atoms with Gasteiger partial charge in [0.2, 0.25) is 5.82 Å². The topological polar surface area (TPSA) is 197 Å². The first-order valence-corrected chi connectivity index (χ1v) is 17.9. The van der Waals surface area contributed by atoms with Crippen LogP contribution in [0.4, 0.5) is 17.1 Å². The predicted molar refractivity (Wildman–Crippen MR) is 183 cm³/mol. The summed E-state index contributed by atoms with van der Waals surface area (Å²) >= 11 is 6.68. The minimum Gasteiger partial charge on any atom is -0.372 e. The number of fused-ring (bicyclic) bond motifs is 1. The molecule has 0 spiro atoms. The molecule has 14 nitrogen and oxygen atoms in total. The fraction of sp³-hybridized carbons (Fsp3) is 0.258. The number of rotatable bonds is 9. The van der Waals surface area contributed by atoms with E-state index in [1.807, 2.05) is 39.0 Å². The molecule has 0 bridgehead atoms. The first-order valence-electron chi connectivity index (χ1n) is 14.6. The molecule has 1 aliphatic heterocycles. The predicted octanol–water partition coefficient (Wildman–Crippen LogP) is 5.58. The van der Waals surface area contributed by atoms with Crippen molar-refractivity contribution in [2.24, 2.45) is 15.5 Å². The Hall–Kier alpha value is -4.48. The highest BCUT2D eigenvalue weighted by Crippen LogP contribution is 2.33. The number of hydrogen-bond donors (Lipinski definition) is 3. The third-order valence-electron chi connectivity index (χ3n) is 7.36. The van der Waals surface area contributed by atoms with Crippen LogP contribution in [-0.4, -0.2) is 71.2 Å². The second-order valence-electron chi connectivity index (χ2n) is 11.8. The number of amides is 1. The number of carbonyl (C=O) groups excluding carboxylic acids is 1. The van der Waals surface area contributed by atoms with Crippen LogP contribution < -0.4 is 10.2 Å². The van der Waals surface area contributed by atoms with E-state index in [0.29, 0.717) is 45.4 Å². The molecule has 0 radical (unpaired) electrons. The number of halogens is 1. The second-order valence-corrected chi connectivity index (χ2v) is 15.0. The molecule has 1 aromatic heterocycles. The Kier molecular flexibility index (Phi) is 9.33. The van der Waals surface area contributed by atoms with Crippen molar-refractivity contribution < 1.29 is 30.7 Å². The van der Waals surface area contributed by atoms with Crippen LogP contribution in [0.2, 0.25) is 5.02 Å². The van der Waals surface area contributed by atoms with Crippen molar-refractivity contribution in [3.05, 3.63) is 77.1 Å². The van der Waals surface area contributed by atoms with Crippen LogP contribution >= 0.6 is 11.6 Å². The maximum absolute atomic E-state index is 12.9. The first-order chi connectivity index (χ1) is 22.4. The maximum Gasteiger partial charge on any atom is 0.294 e. The lowest BCUT2D eigenvalue weighted by Crippen LogP contribution is -2.27. The molecule has 0 saturated heterocycles. The van der Waals surface area contributed by atoms with Gasteiger partial charge in [0.25, 0.3) is 26.1 Å². The molecule has 17 heteroatoms. The summed E-state index contributed by atoms with van der Waals surface area (Å²) in [6, 6.07) is 14.1. The molecule has 3 N–H and O–H groups in total. The molecule has 0 saturated carbocycles. The van der Waals surface area contributed by atoms with Crippen molar-refractivity contribution in [2.75, 3.05) is 23.3 Å². The van der Waals surface area contributed by atoms with E-state index in [0.717, 1.165) is 30.9 Å². The molecule has 0 fully saturated rings.